The maximum atomic E-state index is 12.5. The number of hydroxylamine groups is 1. The minimum atomic E-state index is -4.02. The number of pyridine rings is 1. The van der Waals surface area contributed by atoms with E-state index in [1.807, 2.05) is 6.07 Å². The van der Waals surface area contributed by atoms with Gasteiger partial charge in [-0.1, -0.05) is 17.7 Å². The number of anilines is 1. The van der Waals surface area contributed by atoms with Gasteiger partial charge in [0.25, 0.3) is 10.0 Å². The number of benzene rings is 1. The Bertz CT molecular complexity index is 1020. The van der Waals surface area contributed by atoms with Gasteiger partial charge in [-0.25, -0.2) is 5.48 Å². The molecule has 1 aromatic carbocycles. The zero-order valence-corrected chi connectivity index (χ0v) is 15.5. The van der Waals surface area contributed by atoms with Crippen LogP contribution in [0.3, 0.4) is 0 Å². The molecule has 0 atom stereocenters. The molecule has 134 valence electrons. The monoisotopic (exact) mass is 408 g/mol. The van der Waals surface area contributed by atoms with Crippen molar-refractivity contribution in [1.29, 1.82) is 0 Å². The van der Waals surface area contributed by atoms with Gasteiger partial charge in [-0.2, -0.15) is 8.42 Å². The first-order valence-electron chi connectivity index (χ1n) is 7.27. The Morgan fingerprint density at radius 3 is 2.54 bits per heavy atom. The average molecular weight is 409 g/mol. The van der Waals surface area contributed by atoms with Crippen LogP contribution in [0.2, 0.25) is 5.02 Å². The molecule has 0 spiro atoms. The van der Waals surface area contributed by atoms with Gasteiger partial charge in [0.05, 0.1) is 10.6 Å². The van der Waals surface area contributed by atoms with Crippen molar-refractivity contribution in [2.45, 2.75) is 4.21 Å². The van der Waals surface area contributed by atoms with Crippen LogP contribution in [0, 0.1) is 0 Å². The van der Waals surface area contributed by atoms with Crippen molar-refractivity contribution in [2.24, 2.45) is 4.40 Å². The van der Waals surface area contributed by atoms with E-state index in [1.165, 1.54) is 6.07 Å². The molecule has 3 rings (SSSR count). The van der Waals surface area contributed by atoms with Gasteiger partial charge in [0, 0.05) is 16.9 Å². The van der Waals surface area contributed by atoms with Crippen LogP contribution in [-0.2, 0) is 10.0 Å². The van der Waals surface area contributed by atoms with E-state index in [4.69, 9.17) is 11.6 Å². The number of guanidine groups is 1. The zero-order chi connectivity index (χ0) is 18.6. The summed E-state index contributed by atoms with van der Waals surface area (Å²) < 4.78 is 28.6. The molecule has 0 aliphatic rings. The molecule has 10 heteroatoms. The maximum absolute atomic E-state index is 12.5. The number of thiophene rings is 1. The molecule has 2 heterocycles. The van der Waals surface area contributed by atoms with Gasteiger partial charge in [-0.15, -0.1) is 15.7 Å². The third kappa shape index (κ3) is 4.38. The van der Waals surface area contributed by atoms with E-state index in [2.05, 4.69) is 14.7 Å². The van der Waals surface area contributed by atoms with Crippen LogP contribution in [0.1, 0.15) is 0 Å². The summed E-state index contributed by atoms with van der Waals surface area (Å²) in [7, 11) is -4.02. The SMILES string of the molecule is O=S(=O)(N=C(NO)Nc1ccc(Cl)cc1)c1ccc(-c2ccccn2)s1. The maximum Gasteiger partial charge on any atom is 0.295 e. The summed E-state index contributed by atoms with van der Waals surface area (Å²) in [6, 6.07) is 15.0. The Morgan fingerprint density at radius 2 is 1.88 bits per heavy atom. The topological polar surface area (TPSA) is 104 Å². The Labute approximate surface area is 159 Å². The van der Waals surface area contributed by atoms with Crippen molar-refractivity contribution in [3.05, 3.63) is 65.8 Å². The molecule has 26 heavy (non-hydrogen) atoms. The number of sulfonamides is 1. The van der Waals surface area contributed by atoms with Crippen LogP contribution in [0.4, 0.5) is 5.69 Å². The number of hydrogen-bond donors (Lipinski definition) is 3. The molecule has 3 N–H and O–H groups in total. The van der Waals surface area contributed by atoms with Crippen LogP contribution in [0.5, 0.6) is 0 Å². The molecular weight excluding hydrogens is 396 g/mol. The summed E-state index contributed by atoms with van der Waals surface area (Å²) in [4.78, 5) is 4.89. The molecule has 3 aromatic rings. The van der Waals surface area contributed by atoms with Crippen LogP contribution >= 0.6 is 22.9 Å². The minimum Gasteiger partial charge on any atom is -0.324 e. The number of nitrogens with zero attached hydrogens (tertiary/aromatic N) is 2. The van der Waals surface area contributed by atoms with Crippen molar-refractivity contribution < 1.29 is 13.6 Å². The zero-order valence-electron chi connectivity index (χ0n) is 13.1. The van der Waals surface area contributed by atoms with Gasteiger partial charge in [0.15, 0.2) is 0 Å². The lowest BCUT2D eigenvalue weighted by molar-refractivity contribution is 0.234. The van der Waals surface area contributed by atoms with Crippen molar-refractivity contribution >= 4 is 44.6 Å². The highest BCUT2D eigenvalue weighted by Crippen LogP contribution is 2.30. The summed E-state index contributed by atoms with van der Waals surface area (Å²) in [6.07, 6.45) is 1.63. The predicted molar refractivity (Wildman–Crippen MR) is 102 cm³/mol. The average Bonchev–Trinajstić information content (AvgIpc) is 3.15. The lowest BCUT2D eigenvalue weighted by Crippen LogP contribution is -2.28. The summed E-state index contributed by atoms with van der Waals surface area (Å²) in [6.45, 7) is 0. The fourth-order valence-corrected chi connectivity index (χ4v) is 4.31. The number of aromatic nitrogens is 1. The second-order valence-corrected chi connectivity index (χ2v) is 8.34. The van der Waals surface area contributed by atoms with Crippen LogP contribution < -0.4 is 10.8 Å². The fraction of sp³-hybridized carbons (Fsp3) is 0. The summed E-state index contributed by atoms with van der Waals surface area (Å²) in [5.41, 5.74) is 2.92. The van der Waals surface area contributed by atoms with E-state index in [0.717, 1.165) is 11.3 Å². The van der Waals surface area contributed by atoms with Gasteiger partial charge in [-0.3, -0.25) is 10.2 Å². The van der Waals surface area contributed by atoms with Gasteiger partial charge in [-0.05, 0) is 48.5 Å². The smallest absolute Gasteiger partial charge is 0.295 e. The van der Waals surface area contributed by atoms with Crippen LogP contribution in [-0.4, -0.2) is 24.6 Å². The molecule has 0 amide bonds. The predicted octanol–water partition coefficient (Wildman–Crippen LogP) is 3.60. The molecule has 2 aromatic heterocycles. The first kappa shape index (κ1) is 18.3. The molecule has 0 fully saturated rings. The fourth-order valence-electron chi connectivity index (χ4n) is 2.01. The Morgan fingerprint density at radius 1 is 1.12 bits per heavy atom. The molecule has 0 saturated heterocycles. The summed E-state index contributed by atoms with van der Waals surface area (Å²) >= 11 is 6.84. The highest BCUT2D eigenvalue weighted by Gasteiger charge is 2.18. The number of halogens is 1. The van der Waals surface area contributed by atoms with Crippen LogP contribution in [0.15, 0.2) is 69.4 Å². The molecule has 0 bridgehead atoms. The molecular formula is C16H13ClN4O3S2. The van der Waals surface area contributed by atoms with Crippen molar-refractivity contribution in [2.75, 3.05) is 5.32 Å². The van der Waals surface area contributed by atoms with E-state index in [-0.39, 0.29) is 10.2 Å². The number of hydrogen-bond acceptors (Lipinski definition) is 5. The van der Waals surface area contributed by atoms with E-state index < -0.39 is 10.0 Å². The second kappa shape index (κ2) is 7.83. The lowest BCUT2D eigenvalue weighted by atomic mass is 10.3. The second-order valence-electron chi connectivity index (χ2n) is 4.99. The van der Waals surface area contributed by atoms with Gasteiger partial charge >= 0.3 is 0 Å². The van der Waals surface area contributed by atoms with Gasteiger partial charge in [0.2, 0.25) is 5.96 Å². The normalized spacial score (nSPS) is 12.0. The number of rotatable bonds is 4. The third-order valence-electron chi connectivity index (χ3n) is 3.18. The molecule has 0 saturated carbocycles. The Balaban J connectivity index is 1.85. The number of nitrogens with one attached hydrogen (secondary N) is 2. The van der Waals surface area contributed by atoms with Gasteiger partial charge < -0.3 is 5.32 Å². The van der Waals surface area contributed by atoms with E-state index in [1.54, 1.807) is 54.1 Å². The molecule has 0 unspecified atom stereocenters. The first-order valence-corrected chi connectivity index (χ1v) is 9.90. The summed E-state index contributed by atoms with van der Waals surface area (Å²) in [5.74, 6) is -0.333. The molecule has 0 radical (unpaired) electrons. The Hall–Kier alpha value is -2.46. The third-order valence-corrected chi connectivity index (χ3v) is 6.28. The standard InChI is InChI=1S/C16H13ClN4O3S2/c17-11-4-6-12(7-5-11)19-16(20-22)21-26(23,24)15-9-8-14(25-15)13-3-1-2-10-18-13/h1-10,22H,(H2,19,20,21). The van der Waals surface area contributed by atoms with E-state index in [0.29, 0.717) is 21.3 Å². The van der Waals surface area contributed by atoms with Crippen molar-refractivity contribution in [3.63, 3.8) is 0 Å². The lowest BCUT2D eigenvalue weighted by Gasteiger charge is -2.08. The van der Waals surface area contributed by atoms with Gasteiger partial charge in [0.1, 0.15) is 4.21 Å². The summed E-state index contributed by atoms with van der Waals surface area (Å²) in [5, 5.41) is 12.4. The van der Waals surface area contributed by atoms with Crippen LogP contribution in [0.25, 0.3) is 10.6 Å². The van der Waals surface area contributed by atoms with E-state index >= 15 is 0 Å². The highest BCUT2D eigenvalue weighted by atomic mass is 35.5. The largest absolute Gasteiger partial charge is 0.324 e. The quantitative estimate of drug-likeness (QED) is 0.346. The highest BCUT2D eigenvalue weighted by molar-refractivity contribution is 7.92. The molecule has 0 aliphatic carbocycles. The first-order chi connectivity index (χ1) is 12.5. The Kier molecular flexibility index (Phi) is 5.52. The van der Waals surface area contributed by atoms with Crippen molar-refractivity contribution in [1.82, 2.24) is 10.5 Å². The molecule has 0 aliphatic heterocycles. The minimum absolute atomic E-state index is 0.0313. The van der Waals surface area contributed by atoms with E-state index in [9.17, 15) is 13.6 Å². The van der Waals surface area contributed by atoms with Crippen molar-refractivity contribution in [3.8, 4) is 10.6 Å². The molecule has 7 nitrogen and oxygen atoms in total.